The summed E-state index contributed by atoms with van der Waals surface area (Å²) in [5, 5.41) is 3.80. The molecule has 2 aromatic heterocycles. The molecule has 1 aromatic carbocycles. The lowest BCUT2D eigenvalue weighted by atomic mass is 10.1. The fourth-order valence-electron chi connectivity index (χ4n) is 2.74. The maximum Gasteiger partial charge on any atom is 0.257 e. The van der Waals surface area contributed by atoms with Crippen LogP contribution in [0.3, 0.4) is 0 Å². The molecule has 0 spiro atoms. The number of amides is 1. The number of benzene rings is 1. The van der Waals surface area contributed by atoms with Gasteiger partial charge in [0.25, 0.3) is 5.91 Å². The first-order valence-electron chi connectivity index (χ1n) is 7.65. The number of hydrogen-bond acceptors (Lipinski definition) is 3. The van der Waals surface area contributed by atoms with Gasteiger partial charge in [0.05, 0.1) is 18.3 Å². The van der Waals surface area contributed by atoms with Crippen molar-refractivity contribution in [2.75, 3.05) is 0 Å². The number of rotatable bonds is 4. The Morgan fingerprint density at radius 1 is 1.33 bits per heavy atom. The normalized spacial score (nSPS) is 11.0. The summed E-state index contributed by atoms with van der Waals surface area (Å²) in [6.45, 7) is 4.67. The Bertz CT molecular complexity index is 959. The molecule has 1 N–H and O–H groups in total. The molecule has 0 fully saturated rings. The van der Waals surface area contributed by atoms with Crippen molar-refractivity contribution in [3.05, 3.63) is 68.9 Å². The molecule has 0 radical (unpaired) electrons. The lowest BCUT2D eigenvalue weighted by Gasteiger charge is -2.14. The van der Waals surface area contributed by atoms with Gasteiger partial charge in [0.15, 0.2) is 0 Å². The monoisotopic (exact) mass is 344 g/mol. The van der Waals surface area contributed by atoms with Crippen molar-refractivity contribution in [1.82, 2.24) is 9.88 Å². The third-order valence-corrected chi connectivity index (χ3v) is 4.42. The van der Waals surface area contributed by atoms with Crippen LogP contribution < -0.4 is 10.7 Å². The van der Waals surface area contributed by atoms with Gasteiger partial charge >= 0.3 is 0 Å². The van der Waals surface area contributed by atoms with Gasteiger partial charge in [-0.05, 0) is 43.7 Å². The Kier molecular flexibility index (Phi) is 4.44. The highest BCUT2D eigenvalue weighted by molar-refractivity contribution is 6.32. The molecule has 0 saturated carbocycles. The van der Waals surface area contributed by atoms with Crippen molar-refractivity contribution in [3.63, 3.8) is 0 Å². The van der Waals surface area contributed by atoms with E-state index in [0.29, 0.717) is 22.7 Å². The maximum atomic E-state index is 12.7. The van der Waals surface area contributed by atoms with Crippen LogP contribution in [0.2, 0.25) is 5.02 Å². The molecule has 0 unspecified atom stereocenters. The van der Waals surface area contributed by atoms with Crippen LogP contribution in [0.1, 0.15) is 28.6 Å². The van der Waals surface area contributed by atoms with E-state index in [0.717, 1.165) is 11.1 Å². The first kappa shape index (κ1) is 16.3. The Morgan fingerprint density at radius 2 is 2.12 bits per heavy atom. The molecular weight excluding hydrogens is 328 g/mol. The molecule has 24 heavy (non-hydrogen) atoms. The molecule has 2 heterocycles. The third-order valence-electron chi connectivity index (χ3n) is 4.01. The van der Waals surface area contributed by atoms with Gasteiger partial charge in [-0.3, -0.25) is 9.59 Å². The molecule has 3 rings (SSSR count). The first-order valence-corrected chi connectivity index (χ1v) is 8.03. The van der Waals surface area contributed by atoms with Crippen molar-refractivity contribution >= 4 is 28.4 Å². The number of aryl methyl sites for hydroxylation is 2. The van der Waals surface area contributed by atoms with Crippen molar-refractivity contribution in [1.29, 1.82) is 0 Å². The summed E-state index contributed by atoms with van der Waals surface area (Å²) in [5.74, 6) is 0.204. The van der Waals surface area contributed by atoms with Crippen LogP contribution in [0.4, 0.5) is 0 Å². The zero-order valence-corrected chi connectivity index (χ0v) is 14.2. The molecule has 0 saturated heterocycles. The van der Waals surface area contributed by atoms with E-state index >= 15 is 0 Å². The lowest BCUT2D eigenvalue weighted by molar-refractivity contribution is 0.0946. The van der Waals surface area contributed by atoms with Crippen molar-refractivity contribution in [2.24, 2.45) is 0 Å². The molecule has 0 aliphatic heterocycles. The first-order chi connectivity index (χ1) is 11.5. The van der Waals surface area contributed by atoms with Gasteiger partial charge in [-0.25, -0.2) is 0 Å². The third kappa shape index (κ3) is 2.83. The van der Waals surface area contributed by atoms with Gasteiger partial charge in [0.2, 0.25) is 5.43 Å². The molecule has 124 valence electrons. The van der Waals surface area contributed by atoms with Crippen LogP contribution in [-0.4, -0.2) is 10.5 Å². The second-order valence-electron chi connectivity index (χ2n) is 5.49. The number of halogens is 1. The predicted molar refractivity (Wildman–Crippen MR) is 93.5 cm³/mol. The number of pyridine rings is 1. The zero-order valence-electron chi connectivity index (χ0n) is 13.4. The maximum absolute atomic E-state index is 12.7. The molecular formula is C18H17ClN2O3. The molecule has 0 aliphatic rings. The number of aromatic nitrogens is 1. The molecule has 0 aliphatic carbocycles. The van der Waals surface area contributed by atoms with E-state index in [9.17, 15) is 9.59 Å². The number of nitrogens with one attached hydrogen (secondary N) is 1. The second kappa shape index (κ2) is 6.53. The Labute approximate surface area is 143 Å². The predicted octanol–water partition coefficient (Wildman–Crippen LogP) is 3.51. The second-order valence-corrected chi connectivity index (χ2v) is 5.90. The molecule has 0 bridgehead atoms. The number of hydrogen-bond donors (Lipinski definition) is 1. The number of fused-ring (bicyclic) bond motifs is 1. The van der Waals surface area contributed by atoms with Crippen LogP contribution in [0.25, 0.3) is 10.9 Å². The quantitative estimate of drug-likeness (QED) is 0.787. The van der Waals surface area contributed by atoms with Crippen LogP contribution in [0.5, 0.6) is 0 Å². The minimum atomic E-state index is -0.423. The highest BCUT2D eigenvalue weighted by atomic mass is 35.5. The molecule has 1 amide bonds. The van der Waals surface area contributed by atoms with E-state index < -0.39 is 5.91 Å². The molecule has 0 atom stereocenters. The van der Waals surface area contributed by atoms with E-state index in [2.05, 4.69) is 5.32 Å². The highest BCUT2D eigenvalue weighted by Crippen LogP contribution is 2.24. The van der Waals surface area contributed by atoms with E-state index in [1.165, 1.54) is 6.26 Å². The summed E-state index contributed by atoms with van der Waals surface area (Å²) in [5.41, 5.74) is 1.40. The number of furan rings is 1. The van der Waals surface area contributed by atoms with Gasteiger partial charge in [0.1, 0.15) is 11.3 Å². The summed E-state index contributed by atoms with van der Waals surface area (Å²) < 4.78 is 7.06. The SMILES string of the molecule is CCn1cc(C(=O)NCc2ccco2)c(=O)c2ccc(Cl)c(C)c21. The van der Waals surface area contributed by atoms with Gasteiger partial charge in [0, 0.05) is 23.2 Å². The average Bonchev–Trinajstić information content (AvgIpc) is 3.10. The van der Waals surface area contributed by atoms with Crippen LogP contribution in [-0.2, 0) is 13.1 Å². The Morgan fingerprint density at radius 3 is 2.79 bits per heavy atom. The zero-order chi connectivity index (χ0) is 17.3. The van der Waals surface area contributed by atoms with E-state index in [1.807, 2.05) is 18.4 Å². The van der Waals surface area contributed by atoms with Gasteiger partial charge in [-0.1, -0.05) is 11.6 Å². The van der Waals surface area contributed by atoms with Crippen molar-refractivity contribution in [3.8, 4) is 0 Å². The summed E-state index contributed by atoms with van der Waals surface area (Å²) in [6.07, 6.45) is 3.12. The Hall–Kier alpha value is -2.53. The summed E-state index contributed by atoms with van der Waals surface area (Å²) >= 11 is 6.17. The average molecular weight is 345 g/mol. The minimum absolute atomic E-state index is 0.109. The number of carbonyl (C=O) groups excluding carboxylic acids is 1. The fraction of sp³-hybridized carbons (Fsp3) is 0.222. The van der Waals surface area contributed by atoms with Gasteiger partial charge < -0.3 is 14.3 Å². The van der Waals surface area contributed by atoms with Crippen molar-refractivity contribution in [2.45, 2.75) is 26.9 Å². The van der Waals surface area contributed by atoms with E-state index in [1.54, 1.807) is 30.5 Å². The summed E-state index contributed by atoms with van der Waals surface area (Å²) in [7, 11) is 0. The fourth-order valence-corrected chi connectivity index (χ4v) is 2.89. The van der Waals surface area contributed by atoms with E-state index in [4.69, 9.17) is 16.0 Å². The highest BCUT2D eigenvalue weighted by Gasteiger charge is 2.17. The van der Waals surface area contributed by atoms with Crippen molar-refractivity contribution < 1.29 is 9.21 Å². The smallest absolute Gasteiger partial charge is 0.257 e. The van der Waals surface area contributed by atoms with Crippen LogP contribution in [0, 0.1) is 6.92 Å². The molecule has 5 nitrogen and oxygen atoms in total. The molecule has 6 heteroatoms. The topological polar surface area (TPSA) is 64.2 Å². The van der Waals surface area contributed by atoms with Crippen LogP contribution >= 0.6 is 11.6 Å². The summed E-state index contributed by atoms with van der Waals surface area (Å²) in [4.78, 5) is 25.2. The van der Waals surface area contributed by atoms with E-state index in [-0.39, 0.29) is 17.5 Å². The Balaban J connectivity index is 2.05. The summed E-state index contributed by atoms with van der Waals surface area (Å²) in [6, 6.07) is 6.86. The minimum Gasteiger partial charge on any atom is -0.467 e. The van der Waals surface area contributed by atoms with Crippen LogP contribution in [0.15, 0.2) is 45.9 Å². The number of nitrogens with zero attached hydrogens (tertiary/aromatic N) is 1. The van der Waals surface area contributed by atoms with Gasteiger partial charge in [-0.15, -0.1) is 0 Å². The molecule has 3 aromatic rings. The lowest BCUT2D eigenvalue weighted by Crippen LogP contribution is -2.29. The van der Waals surface area contributed by atoms with Gasteiger partial charge in [-0.2, -0.15) is 0 Å². The largest absolute Gasteiger partial charge is 0.467 e. The number of carbonyl (C=O) groups is 1. The standard InChI is InChI=1S/C18H17ClN2O3/c1-3-21-10-14(18(23)20-9-12-5-4-8-24-12)17(22)13-6-7-15(19)11(2)16(13)21/h4-8,10H,3,9H2,1-2H3,(H,20,23).